The highest BCUT2D eigenvalue weighted by molar-refractivity contribution is 5.89. The van der Waals surface area contributed by atoms with Gasteiger partial charge in [-0.2, -0.15) is 0 Å². The van der Waals surface area contributed by atoms with Gasteiger partial charge in [0.2, 0.25) is 0 Å². The van der Waals surface area contributed by atoms with Crippen LogP contribution in [0.5, 0.6) is 0 Å². The van der Waals surface area contributed by atoms with E-state index in [0.717, 1.165) is 35.1 Å². The number of H-pyrrole nitrogens is 1. The van der Waals surface area contributed by atoms with Crippen LogP contribution in [0.4, 0.5) is 10.1 Å². The summed E-state index contributed by atoms with van der Waals surface area (Å²) in [5, 5.41) is 3.51. The number of aromatic amines is 1. The van der Waals surface area contributed by atoms with Crippen LogP contribution in [-0.4, -0.2) is 9.97 Å². The van der Waals surface area contributed by atoms with Gasteiger partial charge in [-0.3, -0.25) is 4.98 Å². The number of hydrogen-bond acceptors (Lipinski definition) is 2. The molecule has 0 saturated carbocycles. The summed E-state index contributed by atoms with van der Waals surface area (Å²) >= 11 is 0. The van der Waals surface area contributed by atoms with Gasteiger partial charge in [-0.25, -0.2) is 4.39 Å². The second-order valence-corrected chi connectivity index (χ2v) is 6.09. The van der Waals surface area contributed by atoms with Crippen molar-refractivity contribution in [3.05, 3.63) is 59.7 Å². The Balaban J connectivity index is 0.00000208. The van der Waals surface area contributed by atoms with Crippen LogP contribution in [0.1, 0.15) is 31.4 Å². The molecule has 0 amide bonds. The number of nitrogens with one attached hydrogen (secondary N) is 2. The molecular formula is C19H23ClFN3. The Morgan fingerprint density at radius 1 is 1.21 bits per heavy atom. The SMILES string of the molecule is CCC(C)Cc1cnc2cc[nH]c2c1NCc1ccc(F)cc1.Cl. The summed E-state index contributed by atoms with van der Waals surface area (Å²) in [5.74, 6) is 0.400. The van der Waals surface area contributed by atoms with Gasteiger partial charge in [0.1, 0.15) is 5.82 Å². The molecule has 0 aliphatic heterocycles. The van der Waals surface area contributed by atoms with Gasteiger partial charge in [0.05, 0.1) is 16.7 Å². The largest absolute Gasteiger partial charge is 0.379 e. The molecule has 1 aromatic carbocycles. The third-order valence-electron chi connectivity index (χ3n) is 4.30. The van der Waals surface area contributed by atoms with Crippen molar-refractivity contribution < 1.29 is 4.39 Å². The van der Waals surface area contributed by atoms with Crippen LogP contribution in [0.25, 0.3) is 11.0 Å². The number of fused-ring (bicyclic) bond motifs is 1. The molecule has 1 unspecified atom stereocenters. The second-order valence-electron chi connectivity index (χ2n) is 6.09. The highest BCUT2D eigenvalue weighted by Crippen LogP contribution is 2.27. The molecule has 0 spiro atoms. The van der Waals surface area contributed by atoms with Crippen LogP contribution in [0, 0.1) is 11.7 Å². The molecule has 3 rings (SSSR count). The molecule has 0 aliphatic carbocycles. The smallest absolute Gasteiger partial charge is 0.123 e. The van der Waals surface area contributed by atoms with Gasteiger partial charge in [0, 0.05) is 18.9 Å². The van der Waals surface area contributed by atoms with Crippen molar-refractivity contribution in [1.82, 2.24) is 9.97 Å². The zero-order valence-electron chi connectivity index (χ0n) is 14.0. The van der Waals surface area contributed by atoms with Gasteiger partial charge in [-0.1, -0.05) is 32.4 Å². The number of hydrogen-bond donors (Lipinski definition) is 2. The molecule has 3 nitrogen and oxygen atoms in total. The molecule has 1 atom stereocenters. The zero-order valence-corrected chi connectivity index (χ0v) is 14.8. The van der Waals surface area contributed by atoms with Gasteiger partial charge in [-0.15, -0.1) is 12.4 Å². The van der Waals surface area contributed by atoms with Crippen molar-refractivity contribution in [3.63, 3.8) is 0 Å². The molecule has 2 heterocycles. The minimum Gasteiger partial charge on any atom is -0.379 e. The van der Waals surface area contributed by atoms with E-state index in [9.17, 15) is 4.39 Å². The fourth-order valence-electron chi connectivity index (χ4n) is 2.71. The minimum absolute atomic E-state index is 0. The normalized spacial score (nSPS) is 12.0. The lowest BCUT2D eigenvalue weighted by Gasteiger charge is -2.16. The van der Waals surface area contributed by atoms with Gasteiger partial charge in [0.25, 0.3) is 0 Å². The molecule has 0 radical (unpaired) electrons. The van der Waals surface area contributed by atoms with Crippen molar-refractivity contribution >= 4 is 29.1 Å². The van der Waals surface area contributed by atoms with E-state index in [-0.39, 0.29) is 18.2 Å². The van der Waals surface area contributed by atoms with Crippen molar-refractivity contribution in [2.75, 3.05) is 5.32 Å². The van der Waals surface area contributed by atoms with E-state index in [0.29, 0.717) is 12.5 Å². The maximum Gasteiger partial charge on any atom is 0.123 e. The Hall–Kier alpha value is -2.07. The van der Waals surface area contributed by atoms with E-state index in [1.807, 2.05) is 30.6 Å². The lowest BCUT2D eigenvalue weighted by molar-refractivity contribution is 0.560. The third kappa shape index (κ3) is 4.06. The first-order valence-electron chi connectivity index (χ1n) is 8.10. The van der Waals surface area contributed by atoms with Crippen molar-refractivity contribution in [3.8, 4) is 0 Å². The van der Waals surface area contributed by atoms with Crippen LogP contribution < -0.4 is 5.32 Å². The van der Waals surface area contributed by atoms with Crippen molar-refractivity contribution in [2.24, 2.45) is 5.92 Å². The van der Waals surface area contributed by atoms with E-state index in [4.69, 9.17) is 0 Å². The second kappa shape index (κ2) is 8.15. The molecule has 5 heteroatoms. The number of rotatable bonds is 6. The number of pyridine rings is 1. The first kappa shape index (κ1) is 18.3. The summed E-state index contributed by atoms with van der Waals surface area (Å²) in [6.45, 7) is 5.12. The lowest BCUT2D eigenvalue weighted by Crippen LogP contribution is -2.07. The van der Waals surface area contributed by atoms with Gasteiger partial charge in [-0.05, 0) is 41.7 Å². The molecular weight excluding hydrogens is 325 g/mol. The van der Waals surface area contributed by atoms with Gasteiger partial charge >= 0.3 is 0 Å². The van der Waals surface area contributed by atoms with Gasteiger partial charge < -0.3 is 10.3 Å². The van der Waals surface area contributed by atoms with Crippen LogP contribution in [0.2, 0.25) is 0 Å². The topological polar surface area (TPSA) is 40.7 Å². The quantitative estimate of drug-likeness (QED) is 0.633. The molecule has 0 aliphatic rings. The zero-order chi connectivity index (χ0) is 16.2. The highest BCUT2D eigenvalue weighted by Gasteiger charge is 2.12. The Morgan fingerprint density at radius 2 is 1.96 bits per heavy atom. The summed E-state index contributed by atoms with van der Waals surface area (Å²) in [7, 11) is 0. The van der Waals surface area contributed by atoms with Crippen LogP contribution in [0.15, 0.2) is 42.7 Å². The Labute approximate surface area is 148 Å². The van der Waals surface area contributed by atoms with Gasteiger partial charge in [0.15, 0.2) is 0 Å². The molecule has 24 heavy (non-hydrogen) atoms. The molecule has 3 aromatic rings. The van der Waals surface area contributed by atoms with E-state index in [1.165, 1.54) is 17.7 Å². The molecule has 0 bridgehead atoms. The number of benzene rings is 1. The first-order chi connectivity index (χ1) is 11.2. The predicted octanol–water partition coefficient (Wildman–Crippen LogP) is 5.32. The summed E-state index contributed by atoms with van der Waals surface area (Å²) in [4.78, 5) is 7.82. The van der Waals surface area contributed by atoms with Crippen molar-refractivity contribution in [1.29, 1.82) is 0 Å². The van der Waals surface area contributed by atoms with E-state index in [1.54, 1.807) is 0 Å². The number of anilines is 1. The fourth-order valence-corrected chi connectivity index (χ4v) is 2.71. The van der Waals surface area contributed by atoms with Crippen molar-refractivity contribution in [2.45, 2.75) is 33.2 Å². The summed E-state index contributed by atoms with van der Waals surface area (Å²) in [5.41, 5.74) is 5.37. The van der Waals surface area contributed by atoms with Crippen LogP contribution >= 0.6 is 12.4 Å². The molecule has 2 aromatic heterocycles. The number of nitrogens with zero attached hydrogens (tertiary/aromatic N) is 1. The Kier molecular flexibility index (Phi) is 6.21. The monoisotopic (exact) mass is 347 g/mol. The van der Waals surface area contributed by atoms with Crippen LogP contribution in [0.3, 0.4) is 0 Å². The maximum absolute atomic E-state index is 13.0. The summed E-state index contributed by atoms with van der Waals surface area (Å²) in [6.07, 6.45) is 6.01. The highest BCUT2D eigenvalue weighted by atomic mass is 35.5. The predicted molar refractivity (Wildman–Crippen MR) is 100 cm³/mol. The average Bonchev–Trinajstić information content (AvgIpc) is 3.04. The number of halogens is 2. The third-order valence-corrected chi connectivity index (χ3v) is 4.30. The summed E-state index contributed by atoms with van der Waals surface area (Å²) < 4.78 is 13.0. The minimum atomic E-state index is -0.207. The Bertz CT molecular complexity index is 783. The van der Waals surface area contributed by atoms with Crippen LogP contribution in [-0.2, 0) is 13.0 Å². The standard InChI is InChI=1S/C19H22FN3.ClH/c1-3-13(2)10-15-12-22-17-8-9-21-19(17)18(15)23-11-14-4-6-16(20)7-5-14;/h4-9,12-13,21H,3,10-11H2,1-2H3,(H,22,23);1H. The maximum atomic E-state index is 13.0. The van der Waals surface area contributed by atoms with E-state index >= 15 is 0 Å². The van der Waals surface area contributed by atoms with E-state index in [2.05, 4.69) is 29.1 Å². The molecule has 2 N–H and O–H groups in total. The number of aromatic nitrogens is 2. The average molecular weight is 348 g/mol. The Morgan fingerprint density at radius 3 is 2.67 bits per heavy atom. The molecule has 128 valence electrons. The first-order valence-corrected chi connectivity index (χ1v) is 8.10. The molecule has 0 saturated heterocycles. The fraction of sp³-hybridized carbons (Fsp3) is 0.316. The molecule has 0 fully saturated rings. The van der Waals surface area contributed by atoms with E-state index < -0.39 is 0 Å². The lowest BCUT2D eigenvalue weighted by atomic mass is 9.98. The summed E-state index contributed by atoms with van der Waals surface area (Å²) in [6, 6.07) is 8.58.